The van der Waals surface area contributed by atoms with Crippen molar-refractivity contribution in [3.8, 4) is 0 Å². The smallest absolute Gasteiger partial charge is 0.303 e. The second kappa shape index (κ2) is 13.3. The lowest BCUT2D eigenvalue weighted by Gasteiger charge is -2.20. The summed E-state index contributed by atoms with van der Waals surface area (Å²) in [7, 11) is 0. The molecule has 3 atom stereocenters. The molecule has 7 heteroatoms. The van der Waals surface area contributed by atoms with Gasteiger partial charge in [-0.15, -0.1) is 0 Å². The number of aliphatic hydroxyl groups is 2. The lowest BCUT2D eigenvalue weighted by atomic mass is 9.96. The number of carbonyl (C=O) groups is 2. The van der Waals surface area contributed by atoms with Gasteiger partial charge in [0.1, 0.15) is 0 Å². The van der Waals surface area contributed by atoms with Gasteiger partial charge in [0.05, 0.1) is 38.3 Å². The molecule has 0 amide bonds. The SMILES string of the molecule is CC(CO)OCC(O)C(C)Cc1ccccc1.O=C(O)CCC(=O)O. The fraction of sp³-hybridized carbons (Fsp3) is 0.556. The zero-order valence-electron chi connectivity index (χ0n) is 14.7. The van der Waals surface area contributed by atoms with Gasteiger partial charge < -0.3 is 25.2 Å². The Morgan fingerprint density at radius 3 is 2.00 bits per heavy atom. The minimum absolute atomic E-state index is 0.0141. The quantitative estimate of drug-likeness (QED) is 0.501. The van der Waals surface area contributed by atoms with Gasteiger partial charge in [-0.25, -0.2) is 0 Å². The van der Waals surface area contributed by atoms with Crippen molar-refractivity contribution in [2.24, 2.45) is 5.92 Å². The van der Waals surface area contributed by atoms with Crippen LogP contribution in [-0.4, -0.2) is 57.8 Å². The Bertz CT molecular complexity index is 475. The Hall–Kier alpha value is -1.96. The molecule has 0 bridgehead atoms. The van der Waals surface area contributed by atoms with Crippen LogP contribution in [0.4, 0.5) is 0 Å². The Balaban J connectivity index is 0.000000609. The van der Waals surface area contributed by atoms with Crippen LogP contribution in [0.3, 0.4) is 0 Å². The third-order valence-electron chi connectivity index (χ3n) is 3.42. The summed E-state index contributed by atoms with van der Waals surface area (Å²) >= 11 is 0. The standard InChI is InChI=1S/C14H22O3.C4H6O4/c1-11(8-13-6-4-3-5-7-13)14(16)10-17-12(2)9-15;5-3(6)1-2-4(7)8/h3-7,11-12,14-16H,8-10H2,1-2H3;1-2H2,(H,5,6)(H,7,8). The summed E-state index contributed by atoms with van der Waals surface area (Å²) in [5.41, 5.74) is 1.22. The molecule has 1 rings (SSSR count). The molecule has 1 aromatic carbocycles. The van der Waals surface area contributed by atoms with E-state index in [0.717, 1.165) is 6.42 Å². The van der Waals surface area contributed by atoms with Crippen molar-refractivity contribution < 1.29 is 34.8 Å². The van der Waals surface area contributed by atoms with E-state index in [1.54, 1.807) is 6.92 Å². The Morgan fingerprint density at radius 1 is 1.04 bits per heavy atom. The third kappa shape index (κ3) is 13.1. The van der Waals surface area contributed by atoms with E-state index in [-0.39, 0.29) is 38.1 Å². The third-order valence-corrected chi connectivity index (χ3v) is 3.42. The maximum absolute atomic E-state index is 9.92. The van der Waals surface area contributed by atoms with Crippen molar-refractivity contribution >= 4 is 11.9 Å². The molecule has 25 heavy (non-hydrogen) atoms. The average molecular weight is 356 g/mol. The van der Waals surface area contributed by atoms with Gasteiger partial charge in [0.2, 0.25) is 0 Å². The van der Waals surface area contributed by atoms with E-state index in [4.69, 9.17) is 20.1 Å². The van der Waals surface area contributed by atoms with E-state index in [2.05, 4.69) is 12.1 Å². The van der Waals surface area contributed by atoms with Gasteiger partial charge >= 0.3 is 11.9 Å². The molecule has 142 valence electrons. The number of hydrogen-bond acceptors (Lipinski definition) is 5. The second-order valence-corrected chi connectivity index (χ2v) is 5.85. The lowest BCUT2D eigenvalue weighted by Crippen LogP contribution is -2.28. The molecule has 0 aliphatic carbocycles. The molecule has 0 radical (unpaired) electrons. The van der Waals surface area contributed by atoms with Crippen LogP contribution in [0.2, 0.25) is 0 Å². The van der Waals surface area contributed by atoms with Crippen molar-refractivity contribution in [1.29, 1.82) is 0 Å². The summed E-state index contributed by atoms with van der Waals surface area (Å²) in [5, 5.41) is 34.5. The van der Waals surface area contributed by atoms with E-state index in [9.17, 15) is 14.7 Å². The lowest BCUT2D eigenvalue weighted by molar-refractivity contribution is -0.143. The maximum Gasteiger partial charge on any atom is 0.303 e. The highest BCUT2D eigenvalue weighted by Crippen LogP contribution is 2.12. The maximum atomic E-state index is 9.92. The second-order valence-electron chi connectivity index (χ2n) is 5.85. The van der Waals surface area contributed by atoms with Crippen LogP contribution < -0.4 is 0 Å². The molecule has 0 aromatic heterocycles. The summed E-state index contributed by atoms with van der Waals surface area (Å²) in [6, 6.07) is 10.1. The van der Waals surface area contributed by atoms with Gasteiger partial charge in [0.15, 0.2) is 0 Å². The average Bonchev–Trinajstić information content (AvgIpc) is 2.58. The van der Waals surface area contributed by atoms with Crippen LogP contribution in [0, 0.1) is 5.92 Å². The minimum Gasteiger partial charge on any atom is -0.481 e. The summed E-state index contributed by atoms with van der Waals surface area (Å²) in [6.07, 6.45) is -0.471. The van der Waals surface area contributed by atoms with Crippen molar-refractivity contribution in [1.82, 2.24) is 0 Å². The molecule has 7 nitrogen and oxygen atoms in total. The highest BCUT2D eigenvalue weighted by molar-refractivity contribution is 5.75. The van der Waals surface area contributed by atoms with Crippen LogP contribution in [0.1, 0.15) is 32.3 Å². The largest absolute Gasteiger partial charge is 0.481 e. The molecular formula is C18H28O7. The van der Waals surface area contributed by atoms with Crippen molar-refractivity contribution in [3.63, 3.8) is 0 Å². The topological polar surface area (TPSA) is 124 Å². The number of ether oxygens (including phenoxy) is 1. The summed E-state index contributed by atoms with van der Waals surface area (Å²) in [4.78, 5) is 19.3. The van der Waals surface area contributed by atoms with Crippen molar-refractivity contribution in [2.75, 3.05) is 13.2 Å². The van der Waals surface area contributed by atoms with E-state index >= 15 is 0 Å². The number of carboxylic acid groups (broad SMARTS) is 2. The molecule has 0 aliphatic rings. The van der Waals surface area contributed by atoms with Crippen LogP contribution in [-0.2, 0) is 20.7 Å². The fourth-order valence-corrected chi connectivity index (χ4v) is 1.82. The molecule has 0 spiro atoms. The highest BCUT2D eigenvalue weighted by Gasteiger charge is 2.16. The normalized spacial score (nSPS) is 13.9. The molecule has 3 unspecified atom stereocenters. The van der Waals surface area contributed by atoms with Crippen LogP contribution in [0.5, 0.6) is 0 Å². The first-order valence-corrected chi connectivity index (χ1v) is 8.14. The summed E-state index contributed by atoms with van der Waals surface area (Å²) in [5.74, 6) is -2.01. The zero-order valence-corrected chi connectivity index (χ0v) is 14.7. The number of carboxylic acids is 2. The molecule has 4 N–H and O–H groups in total. The first-order chi connectivity index (χ1) is 11.8. The number of hydrogen-bond donors (Lipinski definition) is 4. The highest BCUT2D eigenvalue weighted by atomic mass is 16.5. The van der Waals surface area contributed by atoms with Gasteiger partial charge in [-0.1, -0.05) is 37.3 Å². The van der Waals surface area contributed by atoms with E-state index in [1.807, 2.05) is 25.1 Å². The number of benzene rings is 1. The van der Waals surface area contributed by atoms with Gasteiger partial charge in [-0.05, 0) is 24.8 Å². The van der Waals surface area contributed by atoms with Gasteiger partial charge in [0.25, 0.3) is 0 Å². The molecular weight excluding hydrogens is 328 g/mol. The van der Waals surface area contributed by atoms with Gasteiger partial charge in [-0.2, -0.15) is 0 Å². The molecule has 0 aliphatic heterocycles. The fourth-order valence-electron chi connectivity index (χ4n) is 1.82. The predicted octanol–water partition coefficient (Wildman–Crippen LogP) is 1.56. The molecule has 0 saturated carbocycles. The monoisotopic (exact) mass is 356 g/mol. The number of rotatable bonds is 10. The Morgan fingerprint density at radius 2 is 1.56 bits per heavy atom. The van der Waals surface area contributed by atoms with Gasteiger partial charge in [-0.3, -0.25) is 9.59 Å². The first-order valence-electron chi connectivity index (χ1n) is 8.14. The van der Waals surface area contributed by atoms with Crippen molar-refractivity contribution in [3.05, 3.63) is 35.9 Å². The van der Waals surface area contributed by atoms with Crippen LogP contribution in [0.15, 0.2) is 30.3 Å². The number of aliphatic carboxylic acids is 2. The molecule has 0 heterocycles. The van der Waals surface area contributed by atoms with E-state index < -0.39 is 18.0 Å². The van der Waals surface area contributed by atoms with Crippen LogP contribution in [0.25, 0.3) is 0 Å². The van der Waals surface area contributed by atoms with E-state index in [0.29, 0.717) is 0 Å². The minimum atomic E-state index is -1.08. The Labute approximate surface area is 147 Å². The number of aliphatic hydroxyl groups excluding tert-OH is 2. The molecule has 0 fully saturated rings. The molecule has 1 aromatic rings. The summed E-state index contributed by atoms with van der Waals surface area (Å²) in [6.45, 7) is 4.05. The summed E-state index contributed by atoms with van der Waals surface area (Å²) < 4.78 is 5.31. The van der Waals surface area contributed by atoms with Crippen molar-refractivity contribution in [2.45, 2.75) is 45.3 Å². The first kappa shape index (κ1) is 23.0. The van der Waals surface area contributed by atoms with E-state index in [1.165, 1.54) is 5.56 Å². The van der Waals surface area contributed by atoms with Crippen LogP contribution >= 0.6 is 0 Å². The predicted molar refractivity (Wildman–Crippen MR) is 92.3 cm³/mol. The Kier molecular flexibility index (Phi) is 12.3. The zero-order chi connectivity index (χ0) is 19.2. The van der Waals surface area contributed by atoms with Gasteiger partial charge in [0, 0.05) is 0 Å². The molecule has 0 saturated heterocycles.